The molecule has 1 aromatic heterocycles. The van der Waals surface area contributed by atoms with Gasteiger partial charge in [0.05, 0.1) is 37.8 Å². The summed E-state index contributed by atoms with van der Waals surface area (Å²) in [4.78, 5) is 50.1. The van der Waals surface area contributed by atoms with E-state index in [1.165, 1.54) is 38.5 Å². The topological polar surface area (TPSA) is 118 Å². The molecule has 0 aliphatic heterocycles. The van der Waals surface area contributed by atoms with Gasteiger partial charge in [-0.05, 0) is 181 Å². The van der Waals surface area contributed by atoms with Crippen LogP contribution in [0.1, 0.15) is 137 Å². The number of ether oxygens (including phenoxy) is 3. The lowest BCUT2D eigenvalue weighted by Crippen LogP contribution is -2.70. The Kier molecular flexibility index (Phi) is 14.1. The van der Waals surface area contributed by atoms with Gasteiger partial charge in [-0.25, -0.2) is 9.48 Å². The van der Waals surface area contributed by atoms with Crippen molar-refractivity contribution in [3.63, 3.8) is 0 Å². The second-order valence-electron chi connectivity index (χ2n) is 21.3. The molecule has 6 fully saturated rings. The fourth-order valence-electron chi connectivity index (χ4n) is 12.8. The standard InChI is InChI=1S/C53H76N6O6/c1-34(2)33-65-51(62)53(40-26-36-25-37(28-40)29-41(53)27-36)54-49(60)43-31-45(48-46(63-8)16-12-17-47(48)64-9)59(55-43)44-19-18-38(30-42(44)35(3)4)50(61)57(6)23-13-21-56(5)22-14-24-58(7)52-20-11-10-15-39(52)32-52/h12,16-19,30-31,34-37,39-41H,10-11,13-15,20-29,32-33H2,1-9H3,(H,54,60)/t36?,37?,39?,40?,41?,52-,53?/m1/s1. The Labute approximate surface area is 388 Å². The van der Waals surface area contributed by atoms with Gasteiger partial charge in [0.1, 0.15) is 17.0 Å². The number of nitrogens with one attached hydrogen (secondary N) is 1. The number of rotatable bonds is 20. The molecule has 12 nitrogen and oxygen atoms in total. The van der Waals surface area contributed by atoms with Crippen LogP contribution in [-0.2, 0) is 9.53 Å². The normalized spacial score (nSPS) is 26.4. The zero-order valence-electron chi connectivity index (χ0n) is 40.8. The molecule has 12 heteroatoms. The lowest BCUT2D eigenvalue weighted by Gasteiger charge is -2.59. The van der Waals surface area contributed by atoms with E-state index in [9.17, 15) is 14.4 Å². The van der Waals surface area contributed by atoms with Crippen LogP contribution in [0.5, 0.6) is 11.5 Å². The van der Waals surface area contributed by atoms with Crippen LogP contribution in [0.3, 0.4) is 0 Å². The minimum Gasteiger partial charge on any atom is -0.496 e. The van der Waals surface area contributed by atoms with Gasteiger partial charge in [-0.2, -0.15) is 5.10 Å². The van der Waals surface area contributed by atoms with E-state index in [1.54, 1.807) is 25.0 Å². The molecule has 2 amide bonds. The van der Waals surface area contributed by atoms with Crippen molar-refractivity contribution in [2.75, 3.05) is 68.1 Å². The van der Waals surface area contributed by atoms with E-state index in [4.69, 9.17) is 19.3 Å². The van der Waals surface area contributed by atoms with Crippen molar-refractivity contribution in [3.05, 3.63) is 59.3 Å². The minimum atomic E-state index is -1.11. The van der Waals surface area contributed by atoms with Gasteiger partial charge in [0, 0.05) is 24.7 Å². The minimum absolute atomic E-state index is 0.000185. The molecular formula is C53H76N6O6. The SMILES string of the molecule is COc1cccc(OC)c1-c1cc(C(=O)NC2(C(=O)OCC(C)C)C3CC4CC(C3)CC2C4)nn1-c1ccc(C(=O)N(C)CCCN(C)CCCN(C)[C@@]23CCCCC2C3)cc1C(C)C. The van der Waals surface area contributed by atoms with Gasteiger partial charge in [0.2, 0.25) is 0 Å². The first kappa shape index (κ1) is 47.1. The number of carbonyl (C=O) groups excluding carboxylic acids is 3. The summed E-state index contributed by atoms with van der Waals surface area (Å²) in [7, 11) is 9.63. The average Bonchev–Trinajstić information content (AvgIpc) is 3.90. The van der Waals surface area contributed by atoms with Crippen LogP contribution >= 0.6 is 0 Å². The quantitative estimate of drug-likeness (QED) is 0.111. The molecule has 1 N–H and O–H groups in total. The predicted molar refractivity (Wildman–Crippen MR) is 255 cm³/mol. The Morgan fingerprint density at radius 3 is 2.11 bits per heavy atom. The van der Waals surface area contributed by atoms with Crippen molar-refractivity contribution in [1.82, 2.24) is 29.8 Å². The third kappa shape index (κ3) is 9.32. The van der Waals surface area contributed by atoms with Crippen LogP contribution in [-0.4, -0.2) is 121 Å². The molecule has 0 spiro atoms. The van der Waals surface area contributed by atoms with Crippen LogP contribution in [0.2, 0.25) is 0 Å². The monoisotopic (exact) mass is 893 g/mol. The van der Waals surface area contributed by atoms with Crippen molar-refractivity contribution < 1.29 is 28.6 Å². The smallest absolute Gasteiger partial charge is 0.332 e. The van der Waals surface area contributed by atoms with Crippen LogP contribution in [0, 0.1) is 35.5 Å². The lowest BCUT2D eigenvalue weighted by atomic mass is 9.48. The highest BCUT2D eigenvalue weighted by Crippen LogP contribution is 2.59. The zero-order chi connectivity index (χ0) is 46.2. The number of methoxy groups -OCH3 is 2. The van der Waals surface area contributed by atoms with Gasteiger partial charge in [-0.1, -0.05) is 46.6 Å². The van der Waals surface area contributed by atoms with E-state index in [2.05, 4.69) is 43.1 Å². The second-order valence-corrected chi connectivity index (χ2v) is 21.3. The highest BCUT2D eigenvalue weighted by atomic mass is 16.5. The van der Waals surface area contributed by atoms with E-state index in [-0.39, 0.29) is 41.2 Å². The van der Waals surface area contributed by atoms with Crippen molar-refractivity contribution in [2.24, 2.45) is 35.5 Å². The summed E-state index contributed by atoms with van der Waals surface area (Å²) in [5.41, 5.74) is 3.02. The molecule has 2 aromatic carbocycles. The molecule has 6 aliphatic rings. The number of benzene rings is 2. The maximum atomic E-state index is 14.8. The molecule has 1 heterocycles. The van der Waals surface area contributed by atoms with E-state index in [0.29, 0.717) is 58.8 Å². The highest BCUT2D eigenvalue weighted by molar-refractivity contribution is 5.99. The molecule has 4 bridgehead atoms. The van der Waals surface area contributed by atoms with E-state index < -0.39 is 11.4 Å². The van der Waals surface area contributed by atoms with Crippen molar-refractivity contribution in [3.8, 4) is 28.4 Å². The number of esters is 1. The molecule has 6 saturated carbocycles. The summed E-state index contributed by atoms with van der Waals surface area (Å²) in [6, 6.07) is 13.1. The number of nitrogens with zero attached hydrogens (tertiary/aromatic N) is 5. The molecule has 9 rings (SSSR count). The van der Waals surface area contributed by atoms with E-state index in [0.717, 1.165) is 75.3 Å². The summed E-state index contributed by atoms with van der Waals surface area (Å²) >= 11 is 0. The Morgan fingerprint density at radius 2 is 1.49 bits per heavy atom. The maximum absolute atomic E-state index is 14.8. The van der Waals surface area contributed by atoms with Gasteiger partial charge < -0.3 is 34.2 Å². The first-order valence-electron chi connectivity index (χ1n) is 24.8. The highest BCUT2D eigenvalue weighted by Gasteiger charge is 2.63. The van der Waals surface area contributed by atoms with Crippen molar-refractivity contribution in [2.45, 2.75) is 122 Å². The molecule has 1 unspecified atom stereocenters. The Bertz CT molecular complexity index is 2150. The number of hydrogen-bond acceptors (Lipinski definition) is 9. The summed E-state index contributed by atoms with van der Waals surface area (Å²) in [5, 5.41) is 8.40. The van der Waals surface area contributed by atoms with Gasteiger partial charge >= 0.3 is 5.97 Å². The Balaban J connectivity index is 1.02. The van der Waals surface area contributed by atoms with Crippen molar-refractivity contribution in [1.29, 1.82) is 0 Å². The molecule has 2 atom stereocenters. The van der Waals surface area contributed by atoms with Crippen molar-refractivity contribution >= 4 is 17.8 Å². The molecule has 65 heavy (non-hydrogen) atoms. The van der Waals surface area contributed by atoms with Crippen LogP contribution < -0.4 is 14.8 Å². The summed E-state index contributed by atoms with van der Waals surface area (Å²) in [6.07, 6.45) is 13.9. The third-order valence-electron chi connectivity index (χ3n) is 16.2. The molecular weight excluding hydrogens is 817 g/mol. The summed E-state index contributed by atoms with van der Waals surface area (Å²) in [5.74, 6) is 2.64. The summed E-state index contributed by atoms with van der Waals surface area (Å²) in [6.45, 7) is 12.3. The van der Waals surface area contributed by atoms with Gasteiger partial charge in [-0.3, -0.25) is 9.59 Å². The lowest BCUT2D eigenvalue weighted by molar-refractivity contribution is -0.171. The summed E-state index contributed by atoms with van der Waals surface area (Å²) < 4.78 is 19.6. The van der Waals surface area contributed by atoms with Gasteiger partial charge in [-0.15, -0.1) is 0 Å². The fourth-order valence-corrected chi connectivity index (χ4v) is 12.8. The third-order valence-corrected chi connectivity index (χ3v) is 16.2. The van der Waals surface area contributed by atoms with Gasteiger partial charge in [0.25, 0.3) is 11.8 Å². The zero-order valence-corrected chi connectivity index (χ0v) is 40.8. The predicted octanol–water partition coefficient (Wildman–Crippen LogP) is 8.85. The average molecular weight is 893 g/mol. The largest absolute Gasteiger partial charge is 0.496 e. The molecule has 0 radical (unpaired) electrons. The first-order valence-corrected chi connectivity index (χ1v) is 24.8. The van der Waals surface area contributed by atoms with Crippen LogP contribution in [0.4, 0.5) is 0 Å². The molecule has 3 aromatic rings. The van der Waals surface area contributed by atoms with E-state index >= 15 is 0 Å². The first-order chi connectivity index (χ1) is 31.2. The maximum Gasteiger partial charge on any atom is 0.332 e. The van der Waals surface area contributed by atoms with Crippen LogP contribution in [0.15, 0.2) is 42.5 Å². The molecule has 0 saturated heterocycles. The van der Waals surface area contributed by atoms with Crippen LogP contribution in [0.25, 0.3) is 16.9 Å². The number of hydrogen-bond donors (Lipinski definition) is 1. The van der Waals surface area contributed by atoms with Gasteiger partial charge in [0.15, 0.2) is 5.69 Å². The molecule has 354 valence electrons. The number of amides is 2. The number of aromatic nitrogens is 2. The second kappa shape index (κ2) is 19.4. The Hall–Kier alpha value is -4.42. The Morgan fingerprint density at radius 1 is 0.831 bits per heavy atom. The fraction of sp³-hybridized carbons (Fsp3) is 0.660. The number of carbonyl (C=O) groups is 3. The number of fused-ring (bicyclic) bond motifs is 1. The van der Waals surface area contributed by atoms with E-state index in [1.807, 2.05) is 62.2 Å². The molecule has 6 aliphatic carbocycles.